The van der Waals surface area contributed by atoms with Crippen LogP contribution in [0.3, 0.4) is 0 Å². The summed E-state index contributed by atoms with van der Waals surface area (Å²) >= 11 is 5.85. The Kier molecular flexibility index (Phi) is 4.04. The number of nitrogens with zero attached hydrogens (tertiary/aromatic N) is 4. The first-order chi connectivity index (χ1) is 9.26. The van der Waals surface area contributed by atoms with E-state index < -0.39 is 5.82 Å². The van der Waals surface area contributed by atoms with Crippen LogP contribution in [0.15, 0.2) is 0 Å². The van der Waals surface area contributed by atoms with Gasteiger partial charge >= 0.3 is 0 Å². The Morgan fingerprint density at radius 3 is 2.60 bits per heavy atom. The van der Waals surface area contributed by atoms with Crippen molar-refractivity contribution < 1.29 is 4.39 Å². The molecule has 0 amide bonds. The molecule has 1 unspecified atom stereocenters. The summed E-state index contributed by atoms with van der Waals surface area (Å²) in [5.41, 5.74) is 1.99. The molecule has 0 saturated carbocycles. The number of aromatic nitrogens is 2. The van der Waals surface area contributed by atoms with Crippen LogP contribution in [0.5, 0.6) is 0 Å². The third-order valence-electron chi connectivity index (χ3n) is 3.79. The van der Waals surface area contributed by atoms with E-state index in [0.717, 1.165) is 6.42 Å². The Morgan fingerprint density at radius 2 is 2.10 bits per heavy atom. The molecule has 8 heteroatoms. The van der Waals surface area contributed by atoms with Crippen molar-refractivity contribution in [3.05, 3.63) is 11.1 Å². The van der Waals surface area contributed by atoms with Gasteiger partial charge < -0.3 is 15.2 Å². The molecular weight excluding hydrogens is 283 g/mol. The van der Waals surface area contributed by atoms with E-state index in [-0.39, 0.29) is 22.5 Å². The van der Waals surface area contributed by atoms with Crippen molar-refractivity contribution in [1.29, 1.82) is 0 Å². The number of nitrogens with two attached hydrogens (primary N) is 1. The Hall–Kier alpha value is -1.18. The number of rotatable bonds is 3. The Labute approximate surface area is 123 Å². The van der Waals surface area contributed by atoms with Crippen LogP contribution in [0, 0.1) is 5.82 Å². The molecule has 1 aliphatic heterocycles. The molecule has 0 radical (unpaired) electrons. The number of hydrogen-bond acceptors (Lipinski definition) is 6. The van der Waals surface area contributed by atoms with E-state index in [1.165, 1.54) is 0 Å². The van der Waals surface area contributed by atoms with Gasteiger partial charge in [0.2, 0.25) is 11.1 Å². The maximum atomic E-state index is 14.4. The maximum absolute atomic E-state index is 14.4. The lowest BCUT2D eigenvalue weighted by molar-refractivity contribution is 0.300. The van der Waals surface area contributed by atoms with E-state index in [2.05, 4.69) is 34.1 Å². The van der Waals surface area contributed by atoms with Gasteiger partial charge in [-0.1, -0.05) is 0 Å². The average Bonchev–Trinajstić information content (AvgIpc) is 2.67. The zero-order valence-corrected chi connectivity index (χ0v) is 12.9. The van der Waals surface area contributed by atoms with Crippen LogP contribution in [0.4, 0.5) is 16.0 Å². The van der Waals surface area contributed by atoms with Gasteiger partial charge in [0, 0.05) is 18.1 Å². The van der Waals surface area contributed by atoms with Crippen molar-refractivity contribution >= 4 is 23.2 Å². The molecule has 20 heavy (non-hydrogen) atoms. The summed E-state index contributed by atoms with van der Waals surface area (Å²) in [6.07, 6.45) is 0.909. The number of halogens is 2. The molecule has 1 aromatic heterocycles. The molecule has 6 nitrogen and oxygen atoms in total. The predicted octanol–water partition coefficient (Wildman–Crippen LogP) is 1.47. The van der Waals surface area contributed by atoms with Crippen LogP contribution >= 0.6 is 11.6 Å². The summed E-state index contributed by atoms with van der Waals surface area (Å²) in [7, 11) is 4.03. The smallest absolute Gasteiger partial charge is 0.226 e. The second kappa shape index (κ2) is 5.31. The predicted molar refractivity (Wildman–Crippen MR) is 78.3 cm³/mol. The number of hydrazine groups is 1. The molecule has 1 fully saturated rings. The van der Waals surface area contributed by atoms with Crippen molar-refractivity contribution in [2.45, 2.75) is 31.8 Å². The molecule has 0 bridgehead atoms. The minimum atomic E-state index is -0.579. The topological polar surface area (TPSA) is 70.3 Å². The van der Waals surface area contributed by atoms with E-state index in [9.17, 15) is 4.39 Å². The minimum Gasteiger partial charge on any atom is -0.347 e. The number of nitrogens with one attached hydrogen (secondary N) is 1. The third kappa shape index (κ3) is 2.65. The molecule has 1 aromatic rings. The van der Waals surface area contributed by atoms with Crippen LogP contribution in [0.1, 0.15) is 20.3 Å². The third-order valence-corrected chi connectivity index (χ3v) is 3.96. The fraction of sp³-hybridized carbons (Fsp3) is 0.667. The van der Waals surface area contributed by atoms with Gasteiger partial charge in [0.15, 0.2) is 11.6 Å². The van der Waals surface area contributed by atoms with Gasteiger partial charge in [-0.05, 0) is 46.0 Å². The normalized spacial score (nSPS) is 21.6. The first kappa shape index (κ1) is 15.2. The van der Waals surface area contributed by atoms with E-state index in [0.29, 0.717) is 12.6 Å². The summed E-state index contributed by atoms with van der Waals surface area (Å²) in [5.74, 6) is 4.78. The van der Waals surface area contributed by atoms with Crippen LogP contribution in [-0.2, 0) is 0 Å². The van der Waals surface area contributed by atoms with Gasteiger partial charge in [-0.2, -0.15) is 14.4 Å². The van der Waals surface area contributed by atoms with Gasteiger partial charge in [0.1, 0.15) is 0 Å². The fourth-order valence-electron chi connectivity index (χ4n) is 2.61. The van der Waals surface area contributed by atoms with Gasteiger partial charge in [-0.25, -0.2) is 5.84 Å². The summed E-state index contributed by atoms with van der Waals surface area (Å²) in [6, 6.07) is 0.326. The highest BCUT2D eigenvalue weighted by Gasteiger charge is 2.41. The average molecular weight is 303 g/mol. The fourth-order valence-corrected chi connectivity index (χ4v) is 2.78. The van der Waals surface area contributed by atoms with Crippen LogP contribution < -0.4 is 16.2 Å². The van der Waals surface area contributed by atoms with Crippen LogP contribution in [-0.4, -0.2) is 47.1 Å². The van der Waals surface area contributed by atoms with Crippen molar-refractivity contribution in [1.82, 2.24) is 14.9 Å². The van der Waals surface area contributed by atoms with Crippen molar-refractivity contribution in [3.63, 3.8) is 0 Å². The number of nitrogen functional groups attached to an aromatic ring is 1. The Bertz CT molecular complexity index is 507. The molecule has 3 N–H and O–H groups in total. The van der Waals surface area contributed by atoms with Crippen molar-refractivity contribution in [2.75, 3.05) is 31.0 Å². The van der Waals surface area contributed by atoms with Gasteiger partial charge in [0.25, 0.3) is 0 Å². The molecule has 2 rings (SSSR count). The van der Waals surface area contributed by atoms with Crippen molar-refractivity contribution in [3.8, 4) is 0 Å². The second-order valence-electron chi connectivity index (χ2n) is 5.87. The summed E-state index contributed by atoms with van der Waals surface area (Å²) in [5, 5.41) is -0.0292. The van der Waals surface area contributed by atoms with Gasteiger partial charge in [0.05, 0.1) is 0 Å². The minimum absolute atomic E-state index is 0.0292. The lowest BCUT2D eigenvalue weighted by Gasteiger charge is -2.32. The monoisotopic (exact) mass is 302 g/mol. The maximum Gasteiger partial charge on any atom is 0.226 e. The van der Waals surface area contributed by atoms with Crippen LogP contribution in [0.25, 0.3) is 0 Å². The zero-order valence-electron chi connectivity index (χ0n) is 12.1. The molecule has 0 spiro atoms. The van der Waals surface area contributed by atoms with E-state index in [4.69, 9.17) is 17.4 Å². The molecular formula is C12H20ClFN6. The lowest BCUT2D eigenvalue weighted by atomic mass is 10.00. The summed E-state index contributed by atoms with van der Waals surface area (Å²) in [6.45, 7) is 4.79. The highest BCUT2D eigenvalue weighted by molar-refractivity contribution is 6.28. The Balaban J connectivity index is 2.43. The second-order valence-corrected chi connectivity index (χ2v) is 6.21. The highest BCUT2D eigenvalue weighted by Crippen LogP contribution is 2.37. The summed E-state index contributed by atoms with van der Waals surface area (Å²) in [4.78, 5) is 11.8. The van der Waals surface area contributed by atoms with Gasteiger partial charge in [-0.3, -0.25) is 0 Å². The molecule has 0 aromatic carbocycles. The van der Waals surface area contributed by atoms with Gasteiger partial charge in [-0.15, -0.1) is 0 Å². The summed E-state index contributed by atoms with van der Waals surface area (Å²) < 4.78 is 14.4. The lowest BCUT2D eigenvalue weighted by Crippen LogP contribution is -2.40. The number of hydrogen-bond donors (Lipinski definition) is 2. The highest BCUT2D eigenvalue weighted by atomic mass is 35.5. The van der Waals surface area contributed by atoms with E-state index in [1.807, 2.05) is 19.0 Å². The largest absolute Gasteiger partial charge is 0.347 e. The first-order valence-corrected chi connectivity index (χ1v) is 6.78. The Morgan fingerprint density at radius 1 is 1.45 bits per heavy atom. The van der Waals surface area contributed by atoms with E-state index in [1.54, 1.807) is 0 Å². The molecule has 2 heterocycles. The molecule has 0 aliphatic carbocycles. The standard InChI is InChI=1S/C12H20ClFN6/c1-12(2)5-7(19(3)4)6-20(12)10-8(14)9(18-15)16-11(13)17-10/h7H,5-6,15H2,1-4H3,(H,16,17,18). The molecule has 1 saturated heterocycles. The zero-order chi connectivity index (χ0) is 15.1. The molecule has 1 aliphatic rings. The quantitative estimate of drug-likeness (QED) is 0.501. The molecule has 1 atom stereocenters. The molecule has 112 valence electrons. The van der Waals surface area contributed by atoms with E-state index >= 15 is 0 Å². The number of likely N-dealkylation sites (N-methyl/N-ethyl adjacent to an activating group) is 1. The number of anilines is 2. The SMILES string of the molecule is CN(C)C1CN(c2nc(Cl)nc(NN)c2F)C(C)(C)C1. The first-order valence-electron chi connectivity index (χ1n) is 6.40. The van der Waals surface area contributed by atoms with Crippen molar-refractivity contribution in [2.24, 2.45) is 5.84 Å². The van der Waals surface area contributed by atoms with Crippen LogP contribution in [0.2, 0.25) is 5.28 Å².